The van der Waals surface area contributed by atoms with Gasteiger partial charge in [0.05, 0.1) is 17.1 Å². The van der Waals surface area contributed by atoms with Gasteiger partial charge >= 0.3 is 0 Å². The van der Waals surface area contributed by atoms with Gasteiger partial charge in [-0.1, -0.05) is 24.3 Å². The molecule has 0 unspecified atom stereocenters. The monoisotopic (exact) mass is 383 g/mol. The van der Waals surface area contributed by atoms with Gasteiger partial charge in [0, 0.05) is 42.5 Å². The van der Waals surface area contributed by atoms with E-state index in [1.807, 2.05) is 12.1 Å². The van der Waals surface area contributed by atoms with Crippen molar-refractivity contribution in [3.8, 4) is 0 Å². The van der Waals surface area contributed by atoms with Gasteiger partial charge in [0.15, 0.2) is 0 Å². The lowest BCUT2D eigenvalue weighted by Gasteiger charge is -2.15. The fraction of sp³-hybridized carbons (Fsp3) is 0.300. The number of aliphatic hydroxyl groups excluding tert-OH is 1. The number of carbonyl (C=O) groups excluding carboxylic acids is 1. The van der Waals surface area contributed by atoms with Gasteiger partial charge < -0.3 is 15.4 Å². The molecule has 1 saturated heterocycles. The third-order valence-corrected chi connectivity index (χ3v) is 5.82. The largest absolute Gasteiger partial charge is 0.392 e. The molecule has 3 heterocycles. The summed E-state index contributed by atoms with van der Waals surface area (Å²) in [4.78, 5) is 29.3. The first kappa shape index (κ1) is 17.9. The molecule has 27 heavy (non-hydrogen) atoms. The molecular weight excluding hydrogens is 362 g/mol. The van der Waals surface area contributed by atoms with Gasteiger partial charge in [-0.05, 0) is 23.6 Å². The van der Waals surface area contributed by atoms with Crippen LogP contribution in [0.15, 0.2) is 46.7 Å². The Labute approximate surface area is 160 Å². The first-order chi connectivity index (χ1) is 13.1. The number of likely N-dealkylation sites (tertiary alicyclic amines) is 1. The molecule has 0 radical (unpaired) electrons. The summed E-state index contributed by atoms with van der Waals surface area (Å²) >= 11 is 1.39. The van der Waals surface area contributed by atoms with E-state index in [-0.39, 0.29) is 17.6 Å². The molecule has 140 valence electrons. The van der Waals surface area contributed by atoms with Gasteiger partial charge in [0.1, 0.15) is 0 Å². The number of hydrogen-bond donors (Lipinski definition) is 3. The first-order valence-corrected chi connectivity index (χ1v) is 9.83. The zero-order valence-corrected chi connectivity index (χ0v) is 15.6. The lowest BCUT2D eigenvalue weighted by atomic mass is 10.1. The van der Waals surface area contributed by atoms with E-state index in [0.717, 1.165) is 36.3 Å². The van der Waals surface area contributed by atoms with Crippen molar-refractivity contribution in [3.63, 3.8) is 0 Å². The summed E-state index contributed by atoms with van der Waals surface area (Å²) in [7, 11) is 0. The van der Waals surface area contributed by atoms with E-state index < -0.39 is 0 Å². The van der Waals surface area contributed by atoms with Crippen molar-refractivity contribution in [2.75, 3.05) is 13.1 Å². The second kappa shape index (κ2) is 7.64. The zero-order valence-electron chi connectivity index (χ0n) is 14.8. The smallest absolute Gasteiger partial charge is 0.257 e. The summed E-state index contributed by atoms with van der Waals surface area (Å²) in [6, 6.07) is 9.91. The van der Waals surface area contributed by atoms with E-state index in [2.05, 4.69) is 27.3 Å². The minimum Gasteiger partial charge on any atom is -0.392 e. The summed E-state index contributed by atoms with van der Waals surface area (Å²) in [6.07, 6.45) is 2.22. The molecule has 1 fully saturated rings. The Morgan fingerprint density at radius 1 is 1.26 bits per heavy atom. The zero-order chi connectivity index (χ0) is 18.8. The summed E-state index contributed by atoms with van der Waals surface area (Å²) in [5, 5.41) is 14.7. The number of nitrogens with zero attached hydrogens (tertiary/aromatic N) is 1. The fourth-order valence-corrected chi connectivity index (χ4v) is 4.35. The number of benzene rings is 1. The molecule has 0 bridgehead atoms. The standard InChI is InChI=1S/C20H21N3O3S/c24-15-6-8-23(11-15)10-14-3-1-13(2-4-14)9-22-19(25)16-12-27-17-5-7-21-20(26)18(16)17/h1-5,7,12,15,24H,6,8-11H2,(H,21,26)(H,22,25)/t15-/m0/s1. The second-order valence-electron chi connectivity index (χ2n) is 6.87. The number of hydrogen-bond acceptors (Lipinski definition) is 5. The van der Waals surface area contributed by atoms with Crippen molar-refractivity contribution in [2.24, 2.45) is 0 Å². The van der Waals surface area contributed by atoms with Gasteiger partial charge in [-0.25, -0.2) is 0 Å². The van der Waals surface area contributed by atoms with Crippen molar-refractivity contribution in [1.29, 1.82) is 0 Å². The van der Waals surface area contributed by atoms with Crippen LogP contribution < -0.4 is 10.9 Å². The van der Waals surface area contributed by atoms with Crippen LogP contribution in [0.1, 0.15) is 27.9 Å². The number of amides is 1. The average molecular weight is 383 g/mol. The Balaban J connectivity index is 1.38. The number of β-amino-alcohol motifs (C(OH)–C–C–N with tert-alkyl or cyclic N) is 1. The lowest BCUT2D eigenvalue weighted by Crippen LogP contribution is -2.24. The molecule has 1 aliphatic rings. The number of aromatic nitrogens is 1. The number of thiophene rings is 1. The normalized spacial score (nSPS) is 17.4. The van der Waals surface area contributed by atoms with Crippen LogP contribution in [0.4, 0.5) is 0 Å². The van der Waals surface area contributed by atoms with Crippen LogP contribution in [-0.2, 0) is 13.1 Å². The van der Waals surface area contributed by atoms with Crippen LogP contribution in [0.25, 0.3) is 10.1 Å². The number of aromatic amines is 1. The highest BCUT2D eigenvalue weighted by molar-refractivity contribution is 7.17. The lowest BCUT2D eigenvalue weighted by molar-refractivity contribution is 0.0953. The van der Waals surface area contributed by atoms with E-state index >= 15 is 0 Å². The van der Waals surface area contributed by atoms with E-state index in [9.17, 15) is 14.7 Å². The molecule has 1 aliphatic heterocycles. The van der Waals surface area contributed by atoms with E-state index in [0.29, 0.717) is 17.5 Å². The summed E-state index contributed by atoms with van der Waals surface area (Å²) in [5.41, 5.74) is 2.37. The van der Waals surface area contributed by atoms with Crippen LogP contribution >= 0.6 is 11.3 Å². The second-order valence-corrected chi connectivity index (χ2v) is 7.78. The quantitative estimate of drug-likeness (QED) is 0.630. The Bertz CT molecular complexity index is 1010. The summed E-state index contributed by atoms with van der Waals surface area (Å²) in [6.45, 7) is 2.88. The Kier molecular flexibility index (Phi) is 5.07. The molecule has 3 aromatic rings. The van der Waals surface area contributed by atoms with Gasteiger partial charge in [0.2, 0.25) is 0 Å². The average Bonchev–Trinajstić information content (AvgIpc) is 3.28. The van der Waals surface area contributed by atoms with Crippen molar-refractivity contribution in [3.05, 3.63) is 69.0 Å². The molecule has 1 atom stereocenters. The molecule has 2 aromatic heterocycles. The maximum Gasteiger partial charge on any atom is 0.257 e. The number of aliphatic hydroxyl groups is 1. The third-order valence-electron chi connectivity index (χ3n) is 4.87. The van der Waals surface area contributed by atoms with Crippen molar-refractivity contribution in [1.82, 2.24) is 15.2 Å². The molecule has 0 saturated carbocycles. The van der Waals surface area contributed by atoms with Crippen LogP contribution in [0.3, 0.4) is 0 Å². The SMILES string of the molecule is O=C(NCc1ccc(CN2CC[C@H](O)C2)cc1)c1csc2cc[nH]c(=O)c12. The van der Waals surface area contributed by atoms with Gasteiger partial charge in [-0.3, -0.25) is 14.5 Å². The Morgan fingerprint density at radius 2 is 2.04 bits per heavy atom. The number of fused-ring (bicyclic) bond motifs is 1. The van der Waals surface area contributed by atoms with Crippen LogP contribution in [-0.4, -0.2) is 40.1 Å². The summed E-state index contributed by atoms with van der Waals surface area (Å²) in [5.74, 6) is -0.243. The van der Waals surface area contributed by atoms with E-state index in [1.54, 1.807) is 17.6 Å². The molecular formula is C20H21N3O3S. The summed E-state index contributed by atoms with van der Waals surface area (Å²) < 4.78 is 0.806. The van der Waals surface area contributed by atoms with Gasteiger partial charge in [-0.15, -0.1) is 11.3 Å². The molecule has 3 N–H and O–H groups in total. The van der Waals surface area contributed by atoms with Crippen LogP contribution in [0, 0.1) is 0 Å². The molecule has 7 heteroatoms. The maximum absolute atomic E-state index is 12.5. The van der Waals surface area contributed by atoms with E-state index in [1.165, 1.54) is 16.9 Å². The highest BCUT2D eigenvalue weighted by atomic mass is 32.1. The molecule has 1 amide bonds. The van der Waals surface area contributed by atoms with Crippen LogP contribution in [0.5, 0.6) is 0 Å². The van der Waals surface area contributed by atoms with Crippen LogP contribution in [0.2, 0.25) is 0 Å². The number of pyridine rings is 1. The minimum atomic E-state index is -0.243. The molecule has 1 aromatic carbocycles. The minimum absolute atomic E-state index is 0.208. The topological polar surface area (TPSA) is 85.4 Å². The predicted molar refractivity (Wildman–Crippen MR) is 106 cm³/mol. The number of carbonyl (C=O) groups is 1. The number of nitrogens with one attached hydrogen (secondary N) is 2. The van der Waals surface area contributed by atoms with Crippen molar-refractivity contribution >= 4 is 27.3 Å². The van der Waals surface area contributed by atoms with Crippen molar-refractivity contribution < 1.29 is 9.90 Å². The number of rotatable bonds is 5. The molecule has 0 aliphatic carbocycles. The Morgan fingerprint density at radius 3 is 2.78 bits per heavy atom. The predicted octanol–water partition coefficient (Wildman–Crippen LogP) is 2.09. The third kappa shape index (κ3) is 3.95. The highest BCUT2D eigenvalue weighted by Gasteiger charge is 2.20. The van der Waals surface area contributed by atoms with Gasteiger partial charge in [-0.2, -0.15) is 0 Å². The van der Waals surface area contributed by atoms with Gasteiger partial charge in [0.25, 0.3) is 11.5 Å². The van der Waals surface area contributed by atoms with E-state index in [4.69, 9.17) is 0 Å². The fourth-order valence-electron chi connectivity index (χ4n) is 3.42. The van der Waals surface area contributed by atoms with Crippen molar-refractivity contribution in [2.45, 2.75) is 25.6 Å². The maximum atomic E-state index is 12.5. The first-order valence-electron chi connectivity index (χ1n) is 8.95. The molecule has 0 spiro atoms. The molecule has 4 rings (SSSR count). The highest BCUT2D eigenvalue weighted by Crippen LogP contribution is 2.22. The molecule has 6 nitrogen and oxygen atoms in total. The Hall–Kier alpha value is -2.48. The number of H-pyrrole nitrogens is 1.